The van der Waals surface area contributed by atoms with Gasteiger partial charge in [0, 0.05) is 13.2 Å². The van der Waals surface area contributed by atoms with Crippen molar-refractivity contribution in [2.45, 2.75) is 12.5 Å². The Kier molecular flexibility index (Phi) is 6.41. The molecule has 0 aliphatic carbocycles. The van der Waals surface area contributed by atoms with E-state index in [1.54, 1.807) is 19.2 Å². The van der Waals surface area contributed by atoms with Gasteiger partial charge in [-0.05, 0) is 6.07 Å². The molecule has 1 unspecified atom stereocenters. The highest BCUT2D eigenvalue weighted by Crippen LogP contribution is 2.11. The fourth-order valence-corrected chi connectivity index (χ4v) is 1.28. The first-order valence-corrected chi connectivity index (χ1v) is 5.89. The van der Waals surface area contributed by atoms with Crippen LogP contribution < -0.4 is 15.8 Å². The van der Waals surface area contributed by atoms with Crippen molar-refractivity contribution in [1.82, 2.24) is 4.98 Å². The van der Waals surface area contributed by atoms with Gasteiger partial charge in [0.1, 0.15) is 6.61 Å². The smallest absolute Gasteiger partial charge is 0.305 e. The van der Waals surface area contributed by atoms with Crippen LogP contribution in [0.1, 0.15) is 6.42 Å². The molecule has 1 aromatic heterocycles. The summed E-state index contributed by atoms with van der Waals surface area (Å²) in [4.78, 5) is 26.0. The average molecular weight is 283 g/mol. The van der Waals surface area contributed by atoms with Crippen molar-refractivity contribution in [1.29, 1.82) is 0 Å². The Hall–Kier alpha value is -2.19. The fraction of sp³-hybridized carbons (Fsp3) is 0.417. The number of rotatable bonds is 8. The second-order valence-corrected chi connectivity index (χ2v) is 3.92. The van der Waals surface area contributed by atoms with Gasteiger partial charge in [0.2, 0.25) is 11.8 Å². The van der Waals surface area contributed by atoms with Crippen molar-refractivity contribution >= 4 is 17.6 Å². The van der Waals surface area contributed by atoms with Gasteiger partial charge < -0.3 is 25.6 Å². The van der Waals surface area contributed by atoms with Gasteiger partial charge in [-0.15, -0.1) is 0 Å². The Morgan fingerprint density at radius 3 is 2.75 bits per heavy atom. The molecule has 0 bridgehead atoms. The number of carboxylic acid groups (broad SMARTS) is 1. The summed E-state index contributed by atoms with van der Waals surface area (Å²) < 4.78 is 10.1. The number of carbonyl (C=O) groups is 2. The standard InChI is InChI=1S/C12H17N3O5/c1-19-4-5-20-10-3-2-8(7-14-10)15-12(18)9(13)6-11(16)17/h2-3,7,9H,4-6,13H2,1H3,(H,15,18)(H,16,17). The topological polar surface area (TPSA) is 124 Å². The summed E-state index contributed by atoms with van der Waals surface area (Å²) >= 11 is 0. The second kappa shape index (κ2) is 8.08. The normalized spacial score (nSPS) is 11.7. The minimum absolute atomic E-state index is 0.374. The number of nitrogens with two attached hydrogens (primary N) is 1. The number of aliphatic carboxylic acids is 1. The third kappa shape index (κ3) is 5.63. The van der Waals surface area contributed by atoms with Crippen LogP contribution in [0.4, 0.5) is 5.69 Å². The molecule has 0 spiro atoms. The lowest BCUT2D eigenvalue weighted by atomic mass is 10.2. The van der Waals surface area contributed by atoms with E-state index < -0.39 is 24.3 Å². The number of hydrogen-bond acceptors (Lipinski definition) is 6. The van der Waals surface area contributed by atoms with Crippen LogP contribution in [0.3, 0.4) is 0 Å². The summed E-state index contributed by atoms with van der Waals surface area (Å²) in [6.45, 7) is 0.822. The van der Waals surface area contributed by atoms with Gasteiger partial charge in [0.15, 0.2) is 0 Å². The highest BCUT2D eigenvalue weighted by Gasteiger charge is 2.17. The van der Waals surface area contributed by atoms with Gasteiger partial charge in [-0.3, -0.25) is 9.59 Å². The molecule has 1 heterocycles. The van der Waals surface area contributed by atoms with Gasteiger partial charge in [-0.1, -0.05) is 0 Å². The molecule has 0 aliphatic heterocycles. The maximum absolute atomic E-state index is 11.6. The number of nitrogens with zero attached hydrogens (tertiary/aromatic N) is 1. The largest absolute Gasteiger partial charge is 0.481 e. The first-order chi connectivity index (χ1) is 9.52. The number of amides is 1. The maximum atomic E-state index is 11.6. The zero-order chi connectivity index (χ0) is 15.0. The van der Waals surface area contributed by atoms with Gasteiger partial charge in [-0.25, -0.2) is 4.98 Å². The average Bonchev–Trinajstić information content (AvgIpc) is 2.40. The van der Waals surface area contributed by atoms with Gasteiger partial charge in [0.25, 0.3) is 0 Å². The molecule has 20 heavy (non-hydrogen) atoms. The molecule has 1 rings (SSSR count). The molecule has 1 aromatic rings. The summed E-state index contributed by atoms with van der Waals surface area (Å²) in [6, 6.07) is 2.05. The molecule has 0 saturated carbocycles. The molecule has 0 radical (unpaired) electrons. The van der Waals surface area contributed by atoms with Crippen LogP contribution in [-0.2, 0) is 14.3 Å². The lowest BCUT2D eigenvalue weighted by molar-refractivity contribution is -0.138. The Labute approximate surface area is 115 Å². The lowest BCUT2D eigenvalue weighted by Crippen LogP contribution is -2.37. The highest BCUT2D eigenvalue weighted by molar-refractivity contribution is 5.96. The SMILES string of the molecule is COCCOc1ccc(NC(=O)C(N)CC(=O)O)cn1. The maximum Gasteiger partial charge on any atom is 0.305 e. The Morgan fingerprint density at radius 2 is 2.20 bits per heavy atom. The number of aromatic nitrogens is 1. The number of carboxylic acids is 1. The lowest BCUT2D eigenvalue weighted by Gasteiger charge is -2.10. The molecular weight excluding hydrogens is 266 g/mol. The van der Waals surface area contributed by atoms with Crippen molar-refractivity contribution in [3.63, 3.8) is 0 Å². The number of hydrogen-bond donors (Lipinski definition) is 3. The molecule has 0 aliphatic rings. The number of pyridine rings is 1. The molecule has 0 fully saturated rings. The minimum atomic E-state index is -1.13. The van der Waals surface area contributed by atoms with Crippen molar-refractivity contribution in [2.24, 2.45) is 5.73 Å². The van der Waals surface area contributed by atoms with E-state index in [0.29, 0.717) is 24.8 Å². The molecule has 1 amide bonds. The Morgan fingerprint density at radius 1 is 1.45 bits per heavy atom. The van der Waals surface area contributed by atoms with E-state index in [1.165, 1.54) is 6.20 Å². The van der Waals surface area contributed by atoms with Gasteiger partial charge in [-0.2, -0.15) is 0 Å². The molecule has 1 atom stereocenters. The Balaban J connectivity index is 2.48. The number of ether oxygens (including phenoxy) is 2. The van der Waals surface area contributed by atoms with Crippen LogP contribution in [0, 0.1) is 0 Å². The number of carbonyl (C=O) groups excluding carboxylic acids is 1. The van der Waals surface area contributed by atoms with Crippen molar-refractivity contribution in [3.05, 3.63) is 18.3 Å². The Bertz CT molecular complexity index is 449. The summed E-state index contributed by atoms with van der Waals surface area (Å²) in [7, 11) is 1.57. The molecule has 0 aromatic carbocycles. The zero-order valence-electron chi connectivity index (χ0n) is 11.0. The van der Waals surface area contributed by atoms with Crippen LogP contribution in [0.2, 0.25) is 0 Å². The van der Waals surface area contributed by atoms with E-state index in [4.69, 9.17) is 20.3 Å². The van der Waals surface area contributed by atoms with Crippen LogP contribution >= 0.6 is 0 Å². The van der Waals surface area contributed by atoms with E-state index in [1.807, 2.05) is 0 Å². The van der Waals surface area contributed by atoms with Crippen LogP contribution in [0.5, 0.6) is 5.88 Å². The summed E-state index contributed by atoms with van der Waals surface area (Å²) in [5, 5.41) is 11.0. The predicted molar refractivity (Wildman–Crippen MR) is 70.5 cm³/mol. The van der Waals surface area contributed by atoms with Crippen molar-refractivity contribution in [3.8, 4) is 5.88 Å². The van der Waals surface area contributed by atoms with E-state index >= 15 is 0 Å². The second-order valence-electron chi connectivity index (χ2n) is 3.92. The molecule has 8 nitrogen and oxygen atoms in total. The van der Waals surface area contributed by atoms with Crippen LogP contribution in [-0.4, -0.2) is 48.3 Å². The zero-order valence-corrected chi connectivity index (χ0v) is 11.0. The highest BCUT2D eigenvalue weighted by atomic mass is 16.5. The van der Waals surface area contributed by atoms with E-state index in [-0.39, 0.29) is 0 Å². The van der Waals surface area contributed by atoms with Gasteiger partial charge >= 0.3 is 5.97 Å². The van der Waals surface area contributed by atoms with E-state index in [9.17, 15) is 9.59 Å². The number of nitrogens with one attached hydrogen (secondary N) is 1. The van der Waals surface area contributed by atoms with Crippen molar-refractivity contribution < 1.29 is 24.2 Å². The summed E-state index contributed by atoms with van der Waals surface area (Å²) in [5.74, 6) is -1.31. The summed E-state index contributed by atoms with van der Waals surface area (Å²) in [6.07, 6.45) is 0.963. The quantitative estimate of drug-likeness (QED) is 0.566. The van der Waals surface area contributed by atoms with Crippen LogP contribution in [0.15, 0.2) is 18.3 Å². The third-order valence-corrected chi connectivity index (χ3v) is 2.27. The monoisotopic (exact) mass is 283 g/mol. The third-order valence-electron chi connectivity index (χ3n) is 2.27. The first-order valence-electron chi connectivity index (χ1n) is 5.89. The molecular formula is C12H17N3O5. The van der Waals surface area contributed by atoms with Gasteiger partial charge in [0.05, 0.1) is 31.0 Å². The van der Waals surface area contributed by atoms with E-state index in [0.717, 1.165) is 0 Å². The molecule has 4 N–H and O–H groups in total. The molecule has 8 heteroatoms. The minimum Gasteiger partial charge on any atom is -0.481 e. The van der Waals surface area contributed by atoms with Crippen molar-refractivity contribution in [2.75, 3.05) is 25.6 Å². The number of anilines is 1. The molecule has 110 valence electrons. The van der Waals surface area contributed by atoms with Crippen LogP contribution in [0.25, 0.3) is 0 Å². The van der Waals surface area contributed by atoms with E-state index in [2.05, 4.69) is 10.3 Å². The predicted octanol–water partition coefficient (Wildman–Crippen LogP) is -0.153. The first kappa shape index (κ1) is 15.9. The summed E-state index contributed by atoms with van der Waals surface area (Å²) in [5.41, 5.74) is 5.84. The molecule has 0 saturated heterocycles. The fourth-order valence-electron chi connectivity index (χ4n) is 1.28. The number of methoxy groups -OCH3 is 1.